The molecule has 2 heterocycles. The van der Waals surface area contributed by atoms with E-state index in [-0.39, 0.29) is 0 Å². The van der Waals surface area contributed by atoms with Crippen molar-refractivity contribution < 1.29 is 0 Å². The molecule has 0 amide bonds. The molecule has 0 saturated heterocycles. The second-order valence-electron chi connectivity index (χ2n) is 13.0. The second kappa shape index (κ2) is 12.2. The number of rotatable bonds is 6. The van der Waals surface area contributed by atoms with Crippen LogP contribution in [0.2, 0.25) is 0 Å². The molecule has 0 unspecified atom stereocenters. The smallest absolute Gasteiger partial charge is 0.0547 e. The highest BCUT2D eigenvalue weighted by Crippen LogP contribution is 2.44. The SMILES string of the molecule is c1ccc(-c2ccc(N(c3ccc4c(c3)sc3ccccc34)c3ccc4c(c3)c3c(-c5ccccc5)cccc3n4-c3ccccc3)cc2)cc1. The molecular formula is C48H32N2S. The zero-order valence-electron chi connectivity index (χ0n) is 27.8. The first-order valence-electron chi connectivity index (χ1n) is 17.4. The highest BCUT2D eigenvalue weighted by molar-refractivity contribution is 7.25. The van der Waals surface area contributed by atoms with Gasteiger partial charge in [0.15, 0.2) is 0 Å². The molecule has 0 aliphatic rings. The van der Waals surface area contributed by atoms with Crippen molar-refractivity contribution in [3.05, 3.63) is 194 Å². The molecule has 51 heavy (non-hydrogen) atoms. The van der Waals surface area contributed by atoms with Crippen LogP contribution < -0.4 is 4.90 Å². The summed E-state index contributed by atoms with van der Waals surface area (Å²) < 4.78 is 5.00. The number of hydrogen-bond donors (Lipinski definition) is 0. The van der Waals surface area contributed by atoms with Gasteiger partial charge in [-0.3, -0.25) is 0 Å². The molecule has 0 N–H and O–H groups in total. The Morgan fingerprint density at radius 3 is 1.76 bits per heavy atom. The molecular weight excluding hydrogens is 637 g/mol. The summed E-state index contributed by atoms with van der Waals surface area (Å²) in [6.07, 6.45) is 0. The number of thiophene rings is 1. The van der Waals surface area contributed by atoms with Crippen LogP contribution in [0.25, 0.3) is 69.9 Å². The van der Waals surface area contributed by atoms with Gasteiger partial charge in [0, 0.05) is 53.7 Å². The van der Waals surface area contributed by atoms with Gasteiger partial charge in [-0.25, -0.2) is 0 Å². The molecule has 0 aliphatic carbocycles. The number of fused-ring (bicyclic) bond motifs is 6. The molecule has 0 spiro atoms. The van der Waals surface area contributed by atoms with Gasteiger partial charge in [0.2, 0.25) is 0 Å². The van der Waals surface area contributed by atoms with E-state index in [2.05, 4.69) is 204 Å². The standard InChI is InChI=1S/C48H32N2S/c1-4-13-33(14-5-1)34-23-25-37(26-24-34)49(39-27-29-42-41-19-10-11-22-46(41)51-47(42)32-39)38-28-30-44-43(31-38)48-40(35-15-6-2-7-16-35)20-12-21-45(48)50(44)36-17-8-3-9-18-36/h1-32H. The van der Waals surface area contributed by atoms with E-state index in [9.17, 15) is 0 Å². The topological polar surface area (TPSA) is 8.17 Å². The first-order chi connectivity index (χ1) is 25.3. The molecule has 0 aliphatic heterocycles. The van der Waals surface area contributed by atoms with Crippen molar-refractivity contribution in [2.24, 2.45) is 0 Å². The number of benzene rings is 8. The average Bonchev–Trinajstić information content (AvgIpc) is 3.74. The Balaban J connectivity index is 1.22. The Bertz CT molecular complexity index is 2830. The van der Waals surface area contributed by atoms with E-state index in [4.69, 9.17) is 0 Å². The highest BCUT2D eigenvalue weighted by atomic mass is 32.1. The lowest BCUT2D eigenvalue weighted by molar-refractivity contribution is 1.18. The minimum Gasteiger partial charge on any atom is -0.310 e. The van der Waals surface area contributed by atoms with Crippen molar-refractivity contribution in [1.29, 1.82) is 0 Å². The molecule has 2 aromatic heterocycles. The van der Waals surface area contributed by atoms with E-state index in [0.717, 1.165) is 22.7 Å². The summed E-state index contributed by atoms with van der Waals surface area (Å²) in [6, 6.07) is 70.4. The van der Waals surface area contributed by atoms with Crippen molar-refractivity contribution in [2.45, 2.75) is 0 Å². The first-order valence-corrected chi connectivity index (χ1v) is 18.2. The van der Waals surface area contributed by atoms with E-state index in [1.807, 2.05) is 11.3 Å². The van der Waals surface area contributed by atoms with E-state index in [1.165, 1.54) is 64.2 Å². The second-order valence-corrected chi connectivity index (χ2v) is 14.0. The summed E-state index contributed by atoms with van der Waals surface area (Å²) >= 11 is 1.86. The molecule has 8 aromatic carbocycles. The van der Waals surface area contributed by atoms with Gasteiger partial charge in [-0.1, -0.05) is 127 Å². The van der Waals surface area contributed by atoms with Crippen LogP contribution >= 0.6 is 11.3 Å². The lowest BCUT2D eigenvalue weighted by Gasteiger charge is -2.26. The maximum atomic E-state index is 2.41. The Hall–Kier alpha value is -6.42. The van der Waals surface area contributed by atoms with E-state index in [0.29, 0.717) is 0 Å². The molecule has 10 aromatic rings. The van der Waals surface area contributed by atoms with Crippen LogP contribution in [0.4, 0.5) is 17.1 Å². The normalized spacial score (nSPS) is 11.5. The zero-order chi connectivity index (χ0) is 33.7. The van der Waals surface area contributed by atoms with Crippen molar-refractivity contribution in [1.82, 2.24) is 4.57 Å². The maximum Gasteiger partial charge on any atom is 0.0547 e. The van der Waals surface area contributed by atoms with E-state index >= 15 is 0 Å². The molecule has 0 saturated carbocycles. The molecule has 10 rings (SSSR count). The minimum atomic E-state index is 1.12. The number of para-hydroxylation sites is 1. The zero-order valence-corrected chi connectivity index (χ0v) is 28.6. The maximum absolute atomic E-state index is 2.41. The lowest BCUT2D eigenvalue weighted by Crippen LogP contribution is -2.09. The fraction of sp³-hybridized carbons (Fsp3) is 0. The summed E-state index contributed by atoms with van der Waals surface area (Å²) in [7, 11) is 0. The number of hydrogen-bond acceptors (Lipinski definition) is 2. The summed E-state index contributed by atoms with van der Waals surface area (Å²) in [5.74, 6) is 0. The number of anilines is 3. The number of aromatic nitrogens is 1. The van der Waals surface area contributed by atoms with Gasteiger partial charge >= 0.3 is 0 Å². The summed E-state index contributed by atoms with van der Waals surface area (Å²) in [4.78, 5) is 2.41. The lowest BCUT2D eigenvalue weighted by atomic mass is 9.99. The molecule has 2 nitrogen and oxygen atoms in total. The summed E-state index contributed by atoms with van der Waals surface area (Å²) in [6.45, 7) is 0. The van der Waals surface area contributed by atoms with Gasteiger partial charge in [0.25, 0.3) is 0 Å². The van der Waals surface area contributed by atoms with Crippen LogP contribution in [-0.2, 0) is 0 Å². The summed E-state index contributed by atoms with van der Waals surface area (Å²) in [5.41, 5.74) is 11.8. The molecule has 0 atom stereocenters. The molecule has 0 bridgehead atoms. The molecule has 0 fully saturated rings. The first kappa shape index (κ1) is 29.5. The summed E-state index contributed by atoms with van der Waals surface area (Å²) in [5, 5.41) is 5.09. The largest absolute Gasteiger partial charge is 0.310 e. The Labute approximate surface area is 300 Å². The monoisotopic (exact) mass is 668 g/mol. The third-order valence-electron chi connectivity index (χ3n) is 9.98. The molecule has 240 valence electrons. The van der Waals surface area contributed by atoms with Crippen molar-refractivity contribution >= 4 is 70.4 Å². The Morgan fingerprint density at radius 1 is 0.373 bits per heavy atom. The van der Waals surface area contributed by atoms with Gasteiger partial charge in [0.1, 0.15) is 0 Å². The van der Waals surface area contributed by atoms with Gasteiger partial charge < -0.3 is 9.47 Å². The van der Waals surface area contributed by atoms with E-state index < -0.39 is 0 Å². The van der Waals surface area contributed by atoms with Crippen LogP contribution in [0.1, 0.15) is 0 Å². The predicted molar refractivity (Wildman–Crippen MR) is 219 cm³/mol. The predicted octanol–water partition coefficient (Wildman–Crippen LogP) is 14.0. The average molecular weight is 669 g/mol. The van der Waals surface area contributed by atoms with Crippen LogP contribution in [0.5, 0.6) is 0 Å². The van der Waals surface area contributed by atoms with Crippen LogP contribution in [0.3, 0.4) is 0 Å². The van der Waals surface area contributed by atoms with Gasteiger partial charge in [-0.2, -0.15) is 0 Å². The van der Waals surface area contributed by atoms with E-state index in [1.54, 1.807) is 0 Å². The van der Waals surface area contributed by atoms with Crippen molar-refractivity contribution in [3.8, 4) is 27.9 Å². The highest BCUT2D eigenvalue weighted by Gasteiger charge is 2.20. The van der Waals surface area contributed by atoms with Crippen LogP contribution in [0.15, 0.2) is 194 Å². The molecule has 0 radical (unpaired) electrons. The van der Waals surface area contributed by atoms with Crippen LogP contribution in [0, 0.1) is 0 Å². The molecule has 3 heteroatoms. The van der Waals surface area contributed by atoms with Gasteiger partial charge in [-0.15, -0.1) is 11.3 Å². The third-order valence-corrected chi connectivity index (χ3v) is 11.1. The Morgan fingerprint density at radius 2 is 0.980 bits per heavy atom. The van der Waals surface area contributed by atoms with Gasteiger partial charge in [-0.05, 0) is 89.0 Å². The Kier molecular flexibility index (Phi) is 7.04. The quantitative estimate of drug-likeness (QED) is 0.171. The van der Waals surface area contributed by atoms with Gasteiger partial charge in [0.05, 0.1) is 11.0 Å². The fourth-order valence-electron chi connectivity index (χ4n) is 7.65. The van der Waals surface area contributed by atoms with Crippen molar-refractivity contribution in [2.75, 3.05) is 4.90 Å². The third kappa shape index (κ3) is 5.01. The minimum absolute atomic E-state index is 1.12. The van der Waals surface area contributed by atoms with Crippen molar-refractivity contribution in [3.63, 3.8) is 0 Å². The van der Waals surface area contributed by atoms with Crippen LogP contribution in [-0.4, -0.2) is 4.57 Å². The number of nitrogens with zero attached hydrogens (tertiary/aromatic N) is 2. The fourth-order valence-corrected chi connectivity index (χ4v) is 8.78.